The van der Waals surface area contributed by atoms with E-state index in [1.807, 2.05) is 0 Å². The lowest BCUT2D eigenvalue weighted by Gasteiger charge is -2.40. The monoisotopic (exact) mass is 673 g/mol. The van der Waals surface area contributed by atoms with Crippen LogP contribution in [0.5, 0.6) is 0 Å². The van der Waals surface area contributed by atoms with Gasteiger partial charge in [0.2, 0.25) is 0 Å². The van der Waals surface area contributed by atoms with Crippen molar-refractivity contribution in [2.24, 2.45) is 17.8 Å². The van der Waals surface area contributed by atoms with Crippen LogP contribution < -0.4 is 4.90 Å². The van der Waals surface area contributed by atoms with Crippen LogP contribution in [-0.2, 0) is 11.8 Å². The third-order valence-electron chi connectivity index (χ3n) is 12.6. The first-order chi connectivity index (χ1) is 24.9. The highest BCUT2D eigenvalue weighted by Crippen LogP contribution is 2.48. The van der Waals surface area contributed by atoms with Crippen LogP contribution >= 0.6 is 0 Å². The molecule has 4 aromatic rings. The summed E-state index contributed by atoms with van der Waals surface area (Å²) in [5, 5.41) is 0. The van der Waals surface area contributed by atoms with Crippen molar-refractivity contribution in [2.75, 3.05) is 4.90 Å². The van der Waals surface area contributed by atoms with Gasteiger partial charge >= 0.3 is 0 Å². The number of benzene rings is 4. The standard InChI is InChI=1S/C50H59N/c1-37-11-19-41(20-12-37)21-34-49(43-22-13-38(2)14-23-43)42-9-8-10-44(25-24-42)50(35-6-5-7-36-50)45-26-32-48(33-27-45)51(46-28-15-39(3)16-29-46)47-30-17-40(4)18-31-47/h9-12,15-20,24-33,38,43,49H,5-8,13-14,21-23,34-36H2,1-4H3. The van der Waals surface area contributed by atoms with Gasteiger partial charge in [-0.05, 0) is 142 Å². The molecule has 0 bridgehead atoms. The molecule has 264 valence electrons. The van der Waals surface area contributed by atoms with Gasteiger partial charge in [0, 0.05) is 22.5 Å². The number of hydrogen-bond donors (Lipinski definition) is 0. The molecule has 0 spiro atoms. The van der Waals surface area contributed by atoms with Gasteiger partial charge in [-0.2, -0.15) is 0 Å². The van der Waals surface area contributed by atoms with Gasteiger partial charge in [0.25, 0.3) is 0 Å². The Labute approximate surface area is 309 Å². The summed E-state index contributed by atoms with van der Waals surface area (Å²) < 4.78 is 0. The summed E-state index contributed by atoms with van der Waals surface area (Å²) in [4.78, 5) is 2.40. The number of rotatable bonds is 10. The summed E-state index contributed by atoms with van der Waals surface area (Å²) in [7, 11) is 0. The van der Waals surface area contributed by atoms with Crippen molar-refractivity contribution < 1.29 is 0 Å². The van der Waals surface area contributed by atoms with Crippen molar-refractivity contribution in [1.29, 1.82) is 0 Å². The van der Waals surface area contributed by atoms with E-state index < -0.39 is 0 Å². The summed E-state index contributed by atoms with van der Waals surface area (Å²) in [5.41, 5.74) is 13.7. The maximum atomic E-state index is 2.60. The molecule has 0 amide bonds. The summed E-state index contributed by atoms with van der Waals surface area (Å²) in [6, 6.07) is 36.8. The second-order valence-electron chi connectivity index (χ2n) is 16.3. The minimum absolute atomic E-state index is 0.0762. The third kappa shape index (κ3) is 8.19. The first-order valence-electron chi connectivity index (χ1n) is 20.1. The van der Waals surface area contributed by atoms with Crippen molar-refractivity contribution in [3.63, 3.8) is 0 Å². The van der Waals surface area contributed by atoms with E-state index in [1.54, 1.807) is 11.1 Å². The van der Waals surface area contributed by atoms with Gasteiger partial charge in [0.1, 0.15) is 0 Å². The van der Waals surface area contributed by atoms with Gasteiger partial charge < -0.3 is 4.90 Å². The Bertz CT molecular complexity index is 1760. The minimum Gasteiger partial charge on any atom is -0.311 e. The van der Waals surface area contributed by atoms with Crippen molar-refractivity contribution in [1.82, 2.24) is 0 Å². The Morgan fingerprint density at radius 1 is 0.608 bits per heavy atom. The quantitative estimate of drug-likeness (QED) is 0.162. The van der Waals surface area contributed by atoms with Crippen molar-refractivity contribution in [3.05, 3.63) is 160 Å². The van der Waals surface area contributed by atoms with Gasteiger partial charge in [-0.1, -0.05) is 141 Å². The highest BCUT2D eigenvalue weighted by Gasteiger charge is 2.37. The predicted octanol–water partition coefficient (Wildman–Crippen LogP) is 14.2. The van der Waals surface area contributed by atoms with Crippen LogP contribution in [0.4, 0.5) is 17.1 Å². The molecule has 51 heavy (non-hydrogen) atoms. The summed E-state index contributed by atoms with van der Waals surface area (Å²) in [6.45, 7) is 8.97. The van der Waals surface area contributed by atoms with Crippen molar-refractivity contribution in [2.45, 2.75) is 110 Å². The summed E-state index contributed by atoms with van der Waals surface area (Å²) >= 11 is 0. The number of hydrogen-bond acceptors (Lipinski definition) is 1. The number of allylic oxidation sites excluding steroid dienone is 6. The molecular formula is C50H59N. The molecule has 2 fully saturated rings. The molecular weight excluding hydrogens is 615 g/mol. The molecule has 1 heteroatoms. The topological polar surface area (TPSA) is 3.24 Å². The molecule has 1 atom stereocenters. The number of nitrogens with zero attached hydrogens (tertiary/aromatic N) is 1. The first kappa shape index (κ1) is 35.3. The smallest absolute Gasteiger partial charge is 0.0461 e. The Balaban J connectivity index is 1.16. The molecule has 0 aliphatic heterocycles. The zero-order valence-electron chi connectivity index (χ0n) is 31.7. The Morgan fingerprint density at radius 3 is 1.71 bits per heavy atom. The summed E-state index contributed by atoms with van der Waals surface area (Å²) in [6.07, 6.45) is 25.7. The Kier molecular flexibility index (Phi) is 11.1. The molecule has 0 radical (unpaired) electrons. The third-order valence-corrected chi connectivity index (χ3v) is 12.6. The Hall–Kier alpha value is -4.10. The molecule has 0 saturated heterocycles. The van der Waals surface area contributed by atoms with Gasteiger partial charge in [0.15, 0.2) is 0 Å². The molecule has 1 unspecified atom stereocenters. The maximum absolute atomic E-state index is 2.60. The zero-order valence-corrected chi connectivity index (χ0v) is 31.7. The number of anilines is 3. The minimum atomic E-state index is 0.0762. The molecule has 1 nitrogen and oxygen atoms in total. The molecule has 0 heterocycles. The predicted molar refractivity (Wildman–Crippen MR) is 219 cm³/mol. The lowest BCUT2D eigenvalue weighted by atomic mass is 9.64. The average molecular weight is 674 g/mol. The second-order valence-corrected chi connectivity index (χ2v) is 16.3. The van der Waals surface area contributed by atoms with E-state index in [0.29, 0.717) is 5.92 Å². The molecule has 4 aromatic carbocycles. The van der Waals surface area contributed by atoms with Crippen LogP contribution in [0.25, 0.3) is 0 Å². The van der Waals surface area contributed by atoms with E-state index in [4.69, 9.17) is 0 Å². The van der Waals surface area contributed by atoms with E-state index in [-0.39, 0.29) is 5.41 Å². The second kappa shape index (κ2) is 16.1. The molecule has 7 rings (SSSR count). The highest BCUT2D eigenvalue weighted by atomic mass is 15.1. The van der Waals surface area contributed by atoms with Crippen LogP contribution in [0.1, 0.15) is 105 Å². The lowest BCUT2D eigenvalue weighted by molar-refractivity contribution is 0.227. The van der Waals surface area contributed by atoms with Crippen LogP contribution in [0.3, 0.4) is 0 Å². The van der Waals surface area contributed by atoms with E-state index in [0.717, 1.165) is 18.3 Å². The van der Waals surface area contributed by atoms with E-state index in [9.17, 15) is 0 Å². The van der Waals surface area contributed by atoms with Gasteiger partial charge in [0.05, 0.1) is 0 Å². The Morgan fingerprint density at radius 2 is 1.14 bits per heavy atom. The van der Waals surface area contributed by atoms with E-state index in [2.05, 4.69) is 154 Å². The van der Waals surface area contributed by atoms with E-state index >= 15 is 0 Å². The normalized spacial score (nSPS) is 20.9. The zero-order chi connectivity index (χ0) is 35.2. The molecule has 0 N–H and O–H groups in total. The van der Waals surface area contributed by atoms with Crippen LogP contribution in [-0.4, -0.2) is 0 Å². The molecule has 3 aliphatic carbocycles. The maximum Gasteiger partial charge on any atom is 0.0461 e. The van der Waals surface area contributed by atoms with Crippen molar-refractivity contribution >= 4 is 17.1 Å². The fraction of sp³-hybridized carbons (Fsp3) is 0.400. The highest BCUT2D eigenvalue weighted by molar-refractivity contribution is 5.77. The SMILES string of the molecule is Cc1ccc(CCC(C2=CCC=C(C3(c4ccc(N(c5ccc(C)cc5)c5ccc(C)cc5)cc4)CCCCC3)C=C2)C2CCC(C)CC2)cc1. The average Bonchev–Trinajstić information content (AvgIpc) is 3.42. The molecule has 2 saturated carbocycles. The molecule has 3 aliphatic rings. The van der Waals surface area contributed by atoms with Crippen LogP contribution in [0.2, 0.25) is 0 Å². The van der Waals surface area contributed by atoms with Crippen LogP contribution in [0, 0.1) is 38.5 Å². The number of aryl methyl sites for hydroxylation is 4. The fourth-order valence-electron chi connectivity index (χ4n) is 9.38. The largest absolute Gasteiger partial charge is 0.311 e. The van der Waals surface area contributed by atoms with Crippen LogP contribution in [0.15, 0.2) is 133 Å². The van der Waals surface area contributed by atoms with Gasteiger partial charge in [-0.25, -0.2) is 0 Å². The first-order valence-corrected chi connectivity index (χ1v) is 20.1. The lowest BCUT2D eigenvalue weighted by Crippen LogP contribution is -2.31. The fourth-order valence-corrected chi connectivity index (χ4v) is 9.38. The van der Waals surface area contributed by atoms with Gasteiger partial charge in [-0.15, -0.1) is 0 Å². The molecule has 0 aromatic heterocycles. The van der Waals surface area contributed by atoms with E-state index in [1.165, 1.54) is 116 Å². The summed E-state index contributed by atoms with van der Waals surface area (Å²) in [5.74, 6) is 2.31. The van der Waals surface area contributed by atoms with Gasteiger partial charge in [-0.3, -0.25) is 0 Å². The van der Waals surface area contributed by atoms with Crippen molar-refractivity contribution in [3.8, 4) is 0 Å².